The summed E-state index contributed by atoms with van der Waals surface area (Å²) in [5.74, 6) is 0. The van der Waals surface area contributed by atoms with Crippen LogP contribution in [0, 0.1) is 0 Å². The highest BCUT2D eigenvalue weighted by molar-refractivity contribution is 5.21. The quantitative estimate of drug-likeness (QED) is 0.659. The van der Waals surface area contributed by atoms with E-state index in [1.54, 1.807) is 7.11 Å². The summed E-state index contributed by atoms with van der Waals surface area (Å²) in [5.41, 5.74) is 2.89. The van der Waals surface area contributed by atoms with Crippen molar-refractivity contribution in [3.63, 3.8) is 0 Å². The number of ether oxygens (including phenoxy) is 1. The molecule has 0 amide bonds. The Balaban J connectivity index is 2.43. The fraction of sp³-hybridized carbons (Fsp3) is 0.636. The molecule has 2 nitrogen and oxygen atoms in total. The summed E-state index contributed by atoms with van der Waals surface area (Å²) in [5, 5.41) is 0. The predicted octanol–water partition coefficient (Wildman–Crippen LogP) is 2.19. The first-order chi connectivity index (χ1) is 6.24. The van der Waals surface area contributed by atoms with Crippen LogP contribution in [-0.2, 0) is 4.74 Å². The fourth-order valence-electron chi connectivity index (χ4n) is 1.42. The van der Waals surface area contributed by atoms with E-state index >= 15 is 0 Å². The van der Waals surface area contributed by atoms with Crippen molar-refractivity contribution in [1.29, 1.82) is 0 Å². The highest BCUT2D eigenvalue weighted by Crippen LogP contribution is 2.19. The number of methoxy groups -OCH3 is 1. The normalized spacial score (nSPS) is 16.5. The smallest absolute Gasteiger partial charge is 0.0637 e. The average molecular weight is 181 g/mol. The Labute approximate surface area is 80.9 Å². The molecular weight excluding hydrogens is 162 g/mol. The van der Waals surface area contributed by atoms with E-state index in [4.69, 9.17) is 4.74 Å². The molecule has 1 aliphatic rings. The number of allylic oxidation sites excluding steroid dienone is 4. The van der Waals surface area contributed by atoms with E-state index in [-0.39, 0.29) is 0 Å². The standard InChI is InChI=1S/C11H19NO/c1-10-4-6-11(7-5-10)12(2)8-9-13-3/h4,6H,5,7-9H2,1-3H3. The highest BCUT2D eigenvalue weighted by atomic mass is 16.5. The molecule has 0 saturated heterocycles. The molecule has 0 aliphatic heterocycles. The van der Waals surface area contributed by atoms with Crippen molar-refractivity contribution in [2.45, 2.75) is 19.8 Å². The van der Waals surface area contributed by atoms with Gasteiger partial charge in [-0.05, 0) is 25.8 Å². The minimum absolute atomic E-state index is 0.802. The summed E-state index contributed by atoms with van der Waals surface area (Å²) in [6, 6.07) is 0. The van der Waals surface area contributed by atoms with Crippen molar-refractivity contribution < 1.29 is 4.74 Å². The van der Waals surface area contributed by atoms with Gasteiger partial charge in [-0.2, -0.15) is 0 Å². The van der Waals surface area contributed by atoms with Gasteiger partial charge in [0.25, 0.3) is 0 Å². The minimum atomic E-state index is 0.802. The summed E-state index contributed by atoms with van der Waals surface area (Å²) in [4.78, 5) is 2.27. The monoisotopic (exact) mass is 181 g/mol. The maximum absolute atomic E-state index is 5.04. The number of nitrogens with zero attached hydrogens (tertiary/aromatic N) is 1. The first-order valence-electron chi connectivity index (χ1n) is 4.80. The van der Waals surface area contributed by atoms with Gasteiger partial charge < -0.3 is 9.64 Å². The lowest BCUT2D eigenvalue weighted by molar-refractivity contribution is 0.172. The lowest BCUT2D eigenvalue weighted by atomic mass is 10.0. The van der Waals surface area contributed by atoms with Gasteiger partial charge in [-0.15, -0.1) is 0 Å². The Morgan fingerprint density at radius 1 is 1.38 bits per heavy atom. The molecule has 74 valence electrons. The van der Waals surface area contributed by atoms with Gasteiger partial charge in [0, 0.05) is 26.4 Å². The molecule has 0 aromatic rings. The van der Waals surface area contributed by atoms with E-state index in [0.29, 0.717) is 0 Å². The third-order valence-electron chi connectivity index (χ3n) is 2.46. The molecule has 0 atom stereocenters. The van der Waals surface area contributed by atoms with Crippen LogP contribution in [0.1, 0.15) is 19.8 Å². The number of rotatable bonds is 4. The zero-order valence-corrected chi connectivity index (χ0v) is 8.84. The number of likely N-dealkylation sites (N-methyl/N-ethyl adjacent to an activating group) is 1. The van der Waals surface area contributed by atoms with Crippen molar-refractivity contribution >= 4 is 0 Å². The van der Waals surface area contributed by atoms with Crippen molar-refractivity contribution in [2.75, 3.05) is 27.3 Å². The molecule has 2 heteroatoms. The van der Waals surface area contributed by atoms with Crippen LogP contribution >= 0.6 is 0 Å². The maximum atomic E-state index is 5.04. The Morgan fingerprint density at radius 3 is 2.69 bits per heavy atom. The summed E-state index contributed by atoms with van der Waals surface area (Å²) < 4.78 is 5.04. The van der Waals surface area contributed by atoms with Crippen LogP contribution in [-0.4, -0.2) is 32.2 Å². The average Bonchev–Trinajstić information content (AvgIpc) is 2.15. The van der Waals surface area contributed by atoms with Gasteiger partial charge >= 0.3 is 0 Å². The van der Waals surface area contributed by atoms with E-state index in [9.17, 15) is 0 Å². The molecule has 0 heterocycles. The molecule has 0 radical (unpaired) electrons. The second-order valence-electron chi connectivity index (χ2n) is 3.59. The SMILES string of the molecule is COCCN(C)C1=CC=C(C)CC1. The Hall–Kier alpha value is -0.760. The first kappa shape index (κ1) is 10.3. The van der Waals surface area contributed by atoms with Crippen LogP contribution in [0.5, 0.6) is 0 Å². The van der Waals surface area contributed by atoms with Crippen molar-refractivity contribution in [2.24, 2.45) is 0 Å². The van der Waals surface area contributed by atoms with E-state index < -0.39 is 0 Å². The largest absolute Gasteiger partial charge is 0.383 e. The lowest BCUT2D eigenvalue weighted by Gasteiger charge is -2.24. The molecule has 1 aliphatic carbocycles. The molecule has 0 bridgehead atoms. The van der Waals surface area contributed by atoms with Crippen LogP contribution in [0.2, 0.25) is 0 Å². The third-order valence-corrected chi connectivity index (χ3v) is 2.46. The minimum Gasteiger partial charge on any atom is -0.383 e. The molecule has 13 heavy (non-hydrogen) atoms. The zero-order valence-electron chi connectivity index (χ0n) is 8.84. The molecule has 0 spiro atoms. The highest BCUT2D eigenvalue weighted by Gasteiger charge is 2.07. The summed E-state index contributed by atoms with van der Waals surface area (Å²) in [7, 11) is 3.87. The third kappa shape index (κ3) is 3.23. The Bertz CT molecular complexity index is 218. The van der Waals surface area contributed by atoms with Gasteiger partial charge in [0.05, 0.1) is 6.61 Å². The molecule has 0 unspecified atom stereocenters. The fourth-order valence-corrected chi connectivity index (χ4v) is 1.42. The Kier molecular flexibility index (Phi) is 4.03. The molecular formula is C11H19NO. The number of hydrogen-bond donors (Lipinski definition) is 0. The molecule has 0 fully saturated rings. The van der Waals surface area contributed by atoms with E-state index in [0.717, 1.165) is 13.2 Å². The summed E-state index contributed by atoms with van der Waals surface area (Å²) >= 11 is 0. The topological polar surface area (TPSA) is 12.5 Å². The van der Waals surface area contributed by atoms with Crippen molar-refractivity contribution in [1.82, 2.24) is 4.90 Å². The van der Waals surface area contributed by atoms with Crippen molar-refractivity contribution in [3.05, 3.63) is 23.4 Å². The van der Waals surface area contributed by atoms with Crippen LogP contribution in [0.25, 0.3) is 0 Å². The molecule has 0 aromatic heterocycles. The van der Waals surface area contributed by atoms with Crippen molar-refractivity contribution in [3.8, 4) is 0 Å². The van der Waals surface area contributed by atoms with E-state index in [1.165, 1.54) is 24.1 Å². The first-order valence-corrected chi connectivity index (χ1v) is 4.80. The van der Waals surface area contributed by atoms with Gasteiger partial charge in [0.2, 0.25) is 0 Å². The predicted molar refractivity (Wildman–Crippen MR) is 55.6 cm³/mol. The molecule has 0 N–H and O–H groups in total. The lowest BCUT2D eigenvalue weighted by Crippen LogP contribution is -2.23. The molecule has 1 rings (SSSR count). The van der Waals surface area contributed by atoms with Crippen LogP contribution in [0.15, 0.2) is 23.4 Å². The molecule has 0 aromatic carbocycles. The summed E-state index contributed by atoms with van der Waals surface area (Å²) in [6.45, 7) is 3.97. The summed E-state index contributed by atoms with van der Waals surface area (Å²) in [6.07, 6.45) is 6.79. The van der Waals surface area contributed by atoms with Gasteiger partial charge in [-0.1, -0.05) is 11.6 Å². The van der Waals surface area contributed by atoms with Gasteiger partial charge in [-0.25, -0.2) is 0 Å². The molecule has 0 saturated carbocycles. The van der Waals surface area contributed by atoms with Crippen LogP contribution in [0.3, 0.4) is 0 Å². The van der Waals surface area contributed by atoms with Gasteiger partial charge in [-0.3, -0.25) is 0 Å². The second-order valence-corrected chi connectivity index (χ2v) is 3.59. The number of hydrogen-bond acceptors (Lipinski definition) is 2. The zero-order chi connectivity index (χ0) is 9.68. The second kappa shape index (κ2) is 5.07. The Morgan fingerprint density at radius 2 is 2.15 bits per heavy atom. The van der Waals surface area contributed by atoms with E-state index in [2.05, 4.69) is 31.0 Å². The van der Waals surface area contributed by atoms with Gasteiger partial charge in [0.1, 0.15) is 0 Å². The van der Waals surface area contributed by atoms with E-state index in [1.807, 2.05) is 0 Å². The van der Waals surface area contributed by atoms with Crippen LogP contribution < -0.4 is 0 Å². The van der Waals surface area contributed by atoms with Gasteiger partial charge in [0.15, 0.2) is 0 Å². The maximum Gasteiger partial charge on any atom is 0.0637 e. The van der Waals surface area contributed by atoms with Crippen LogP contribution in [0.4, 0.5) is 0 Å².